The number of carboxylic acid groups (broad SMARTS) is 1. The Bertz CT molecular complexity index is 193. The summed E-state index contributed by atoms with van der Waals surface area (Å²) in [6, 6.07) is 0. The monoisotopic (exact) mass is 258 g/mol. The summed E-state index contributed by atoms with van der Waals surface area (Å²) in [5, 5.41) is 10.3. The molecule has 1 N–H and O–H groups in total. The third kappa shape index (κ3) is 15.6. The molecule has 0 aromatic heterocycles. The maximum Gasteiger partial charge on any atom is 0.303 e. The zero-order chi connectivity index (χ0) is 12.8. The number of unbranched alkanes of at least 4 members (excludes halogenated alkanes) is 10. The number of rotatable bonds is 13. The molecule has 0 saturated carbocycles. The Balaban J connectivity index is 2.94. The lowest BCUT2D eigenvalue weighted by molar-refractivity contribution is -0.137. The number of aliphatic carboxylic acids is 1. The van der Waals surface area contributed by atoms with Crippen LogP contribution in [0.3, 0.4) is 0 Å². The summed E-state index contributed by atoms with van der Waals surface area (Å²) in [7, 11) is 0. The van der Waals surface area contributed by atoms with Gasteiger partial charge in [0.2, 0.25) is 0 Å². The minimum absolute atomic E-state index is 0.333. The number of hydrogen-bond acceptors (Lipinski definition) is 2. The Kier molecular flexibility index (Phi) is 13.3. The molecule has 0 amide bonds. The summed E-state index contributed by atoms with van der Waals surface area (Å²) in [5.74, 6) is -0.665. The minimum Gasteiger partial charge on any atom is -0.481 e. The predicted molar refractivity (Wildman–Crippen MR) is 76.7 cm³/mol. The molecule has 100 valence electrons. The number of thiocarbonyl (C=S) groups is 1. The summed E-state index contributed by atoms with van der Waals surface area (Å²) in [4.78, 5) is 10.3. The maximum absolute atomic E-state index is 10.3. The van der Waals surface area contributed by atoms with E-state index >= 15 is 0 Å². The summed E-state index contributed by atoms with van der Waals surface area (Å²) < 4.78 is 0. The molecule has 0 bridgehead atoms. The van der Waals surface area contributed by atoms with Crippen LogP contribution in [-0.4, -0.2) is 16.4 Å². The first kappa shape index (κ1) is 16.6. The smallest absolute Gasteiger partial charge is 0.303 e. The van der Waals surface area contributed by atoms with Crippen LogP contribution in [0.2, 0.25) is 0 Å². The summed E-state index contributed by atoms with van der Waals surface area (Å²) in [6.45, 7) is 0. The lowest BCUT2D eigenvalue weighted by atomic mass is 10.1. The average molecular weight is 258 g/mol. The van der Waals surface area contributed by atoms with E-state index in [2.05, 4.69) is 0 Å². The van der Waals surface area contributed by atoms with E-state index in [9.17, 15) is 4.79 Å². The Morgan fingerprint density at radius 3 is 1.65 bits per heavy atom. The van der Waals surface area contributed by atoms with E-state index in [1.54, 1.807) is 0 Å². The van der Waals surface area contributed by atoms with Crippen molar-refractivity contribution >= 4 is 23.6 Å². The van der Waals surface area contributed by atoms with Crippen molar-refractivity contribution in [3.63, 3.8) is 0 Å². The summed E-state index contributed by atoms with van der Waals surface area (Å²) in [5.41, 5.74) is 0. The van der Waals surface area contributed by atoms with Crippen molar-refractivity contribution in [2.45, 2.75) is 77.0 Å². The fourth-order valence-electron chi connectivity index (χ4n) is 1.92. The molecule has 0 unspecified atom stereocenters. The average Bonchev–Trinajstić information content (AvgIpc) is 2.30. The van der Waals surface area contributed by atoms with E-state index in [0.29, 0.717) is 6.42 Å². The first-order valence-electron chi connectivity index (χ1n) is 6.93. The van der Waals surface area contributed by atoms with Crippen molar-refractivity contribution in [2.24, 2.45) is 0 Å². The van der Waals surface area contributed by atoms with Crippen molar-refractivity contribution in [3.05, 3.63) is 0 Å². The molecule has 0 aromatic carbocycles. The summed E-state index contributed by atoms with van der Waals surface area (Å²) >= 11 is 4.78. The van der Waals surface area contributed by atoms with Crippen LogP contribution in [0.5, 0.6) is 0 Å². The van der Waals surface area contributed by atoms with Gasteiger partial charge in [-0.25, -0.2) is 0 Å². The first-order valence-corrected chi connectivity index (χ1v) is 7.40. The van der Waals surface area contributed by atoms with Crippen LogP contribution >= 0.6 is 12.2 Å². The molecule has 0 aliphatic carbocycles. The first-order chi connectivity index (χ1) is 8.27. The molecular weight excluding hydrogens is 232 g/mol. The maximum atomic E-state index is 10.3. The van der Waals surface area contributed by atoms with Crippen molar-refractivity contribution in [3.8, 4) is 0 Å². The topological polar surface area (TPSA) is 37.3 Å². The second-order valence-electron chi connectivity index (χ2n) is 4.63. The largest absolute Gasteiger partial charge is 0.481 e. The van der Waals surface area contributed by atoms with Crippen LogP contribution in [0.1, 0.15) is 77.0 Å². The van der Waals surface area contributed by atoms with E-state index in [1.165, 1.54) is 51.4 Å². The van der Waals surface area contributed by atoms with Gasteiger partial charge >= 0.3 is 5.97 Å². The zero-order valence-corrected chi connectivity index (χ0v) is 11.6. The van der Waals surface area contributed by atoms with Gasteiger partial charge in [0.05, 0.1) is 0 Å². The molecule has 2 nitrogen and oxygen atoms in total. The number of carboxylic acids is 1. The van der Waals surface area contributed by atoms with E-state index in [4.69, 9.17) is 17.3 Å². The van der Waals surface area contributed by atoms with Crippen LogP contribution in [0.15, 0.2) is 0 Å². The van der Waals surface area contributed by atoms with E-state index < -0.39 is 5.97 Å². The molecular formula is C14H26O2S. The fraction of sp³-hybridized carbons (Fsp3) is 0.857. The lowest BCUT2D eigenvalue weighted by Gasteiger charge is -2.01. The quantitative estimate of drug-likeness (QED) is 0.382. The molecule has 0 aliphatic heterocycles. The summed E-state index contributed by atoms with van der Waals surface area (Å²) in [6.07, 6.45) is 13.7. The molecule has 17 heavy (non-hydrogen) atoms. The van der Waals surface area contributed by atoms with Crippen LogP contribution in [-0.2, 0) is 4.79 Å². The molecule has 0 atom stereocenters. The van der Waals surface area contributed by atoms with Gasteiger partial charge in [0.25, 0.3) is 0 Å². The zero-order valence-electron chi connectivity index (χ0n) is 10.8. The normalized spacial score (nSPS) is 10.4. The number of hydrogen-bond donors (Lipinski definition) is 1. The van der Waals surface area contributed by atoms with Gasteiger partial charge in [0, 0.05) is 6.42 Å². The highest BCUT2D eigenvalue weighted by Gasteiger charge is 1.96. The molecule has 0 aromatic rings. The molecule has 0 fully saturated rings. The van der Waals surface area contributed by atoms with Crippen molar-refractivity contribution in [1.29, 1.82) is 0 Å². The Hall–Kier alpha value is -0.440. The van der Waals surface area contributed by atoms with Gasteiger partial charge in [0.15, 0.2) is 0 Å². The second-order valence-corrected chi connectivity index (χ2v) is 4.97. The molecule has 0 aliphatic rings. The third-order valence-electron chi connectivity index (χ3n) is 2.96. The molecule has 3 heteroatoms. The van der Waals surface area contributed by atoms with Gasteiger partial charge in [-0.3, -0.25) is 4.79 Å². The Labute approximate surface area is 111 Å². The van der Waals surface area contributed by atoms with Gasteiger partial charge in [-0.2, -0.15) is 0 Å². The van der Waals surface area contributed by atoms with E-state index in [-0.39, 0.29) is 0 Å². The van der Waals surface area contributed by atoms with Gasteiger partial charge in [-0.15, -0.1) is 0 Å². The van der Waals surface area contributed by atoms with Gasteiger partial charge in [-0.1, -0.05) is 63.6 Å². The minimum atomic E-state index is -0.665. The fourth-order valence-corrected chi connectivity index (χ4v) is 2.08. The van der Waals surface area contributed by atoms with Crippen LogP contribution in [0.25, 0.3) is 0 Å². The molecule has 0 radical (unpaired) electrons. The molecule has 0 rings (SSSR count). The SMILES string of the molecule is O=C(O)CCCCCCCCCCCCC=S. The molecule has 0 spiro atoms. The Morgan fingerprint density at radius 1 is 0.824 bits per heavy atom. The van der Waals surface area contributed by atoms with Crippen LogP contribution in [0.4, 0.5) is 0 Å². The third-order valence-corrected chi connectivity index (χ3v) is 3.20. The van der Waals surface area contributed by atoms with Gasteiger partial charge < -0.3 is 5.11 Å². The van der Waals surface area contributed by atoms with E-state index in [1.807, 2.05) is 5.37 Å². The highest BCUT2D eigenvalue weighted by Crippen LogP contribution is 2.11. The predicted octanol–water partition coefficient (Wildman–Crippen LogP) is 4.75. The second kappa shape index (κ2) is 13.6. The van der Waals surface area contributed by atoms with Gasteiger partial charge in [0.1, 0.15) is 0 Å². The number of carbonyl (C=O) groups is 1. The van der Waals surface area contributed by atoms with Crippen molar-refractivity contribution in [2.75, 3.05) is 0 Å². The lowest BCUT2D eigenvalue weighted by Crippen LogP contribution is -1.93. The Morgan fingerprint density at radius 2 is 1.24 bits per heavy atom. The van der Waals surface area contributed by atoms with Gasteiger partial charge in [-0.05, 0) is 24.6 Å². The van der Waals surface area contributed by atoms with Crippen LogP contribution in [0, 0.1) is 0 Å². The highest BCUT2D eigenvalue weighted by molar-refractivity contribution is 7.78. The van der Waals surface area contributed by atoms with E-state index in [0.717, 1.165) is 19.3 Å². The van der Waals surface area contributed by atoms with Crippen molar-refractivity contribution in [1.82, 2.24) is 0 Å². The standard InChI is InChI=1S/C14H26O2S/c15-14(16)12-10-8-6-4-2-1-3-5-7-9-11-13-17/h13H,1-12H2,(H,15,16). The van der Waals surface area contributed by atoms with Crippen molar-refractivity contribution < 1.29 is 9.90 Å². The molecule has 0 saturated heterocycles. The molecule has 0 heterocycles. The highest BCUT2D eigenvalue weighted by atomic mass is 32.1. The van der Waals surface area contributed by atoms with Crippen LogP contribution < -0.4 is 0 Å².